The zero-order chi connectivity index (χ0) is 16.1. The maximum Gasteiger partial charge on any atom is 0.315 e. The van der Waals surface area contributed by atoms with Crippen LogP contribution in [0.15, 0.2) is 58.6 Å². The van der Waals surface area contributed by atoms with Crippen LogP contribution in [0.4, 0.5) is 4.79 Å². The summed E-state index contributed by atoms with van der Waals surface area (Å²) in [6.45, 7) is 0.462. The molecule has 23 heavy (non-hydrogen) atoms. The highest BCUT2D eigenvalue weighted by molar-refractivity contribution is 7.10. The lowest BCUT2D eigenvalue weighted by atomic mass is 10.1. The highest BCUT2D eigenvalue weighted by Crippen LogP contribution is 2.27. The predicted molar refractivity (Wildman–Crippen MR) is 97.3 cm³/mol. The van der Waals surface area contributed by atoms with Crippen molar-refractivity contribution in [2.45, 2.75) is 12.6 Å². The molecule has 0 aliphatic heterocycles. The molecule has 2 amide bonds. The molecule has 3 nitrogen and oxygen atoms in total. The van der Waals surface area contributed by atoms with E-state index < -0.39 is 0 Å². The molecule has 0 bridgehead atoms. The average molecular weight is 363 g/mol. The van der Waals surface area contributed by atoms with Crippen LogP contribution < -0.4 is 10.6 Å². The summed E-state index contributed by atoms with van der Waals surface area (Å²) in [4.78, 5) is 13.4. The van der Waals surface area contributed by atoms with Crippen LogP contribution in [0.3, 0.4) is 0 Å². The standard InChI is InChI=1S/C17H15ClN2OS2/c18-14-5-3-12(4-6-14)10-19-17(21)20-16(13-7-9-22-11-13)15-2-1-8-23-15/h1-9,11,16H,10H2,(H2,19,20,21)/t16-/m0/s1. The van der Waals surface area contributed by atoms with Gasteiger partial charge in [0.15, 0.2) is 0 Å². The van der Waals surface area contributed by atoms with Crippen molar-refractivity contribution in [2.24, 2.45) is 0 Å². The van der Waals surface area contributed by atoms with Gasteiger partial charge in [0.25, 0.3) is 0 Å². The summed E-state index contributed by atoms with van der Waals surface area (Å²) in [6, 6.07) is 13.2. The molecule has 2 aromatic heterocycles. The molecule has 0 spiro atoms. The van der Waals surface area contributed by atoms with Gasteiger partial charge in [-0.05, 0) is 51.5 Å². The molecule has 6 heteroatoms. The van der Waals surface area contributed by atoms with Crippen molar-refractivity contribution in [2.75, 3.05) is 0 Å². The van der Waals surface area contributed by atoms with Crippen LogP contribution in [-0.2, 0) is 6.54 Å². The molecule has 3 rings (SSSR count). The Kier molecular flexibility index (Phi) is 5.33. The number of carbonyl (C=O) groups excluding carboxylic acids is 1. The van der Waals surface area contributed by atoms with Crippen LogP contribution in [0.5, 0.6) is 0 Å². The van der Waals surface area contributed by atoms with Crippen LogP contribution in [0, 0.1) is 0 Å². The summed E-state index contributed by atoms with van der Waals surface area (Å²) in [5, 5.41) is 12.7. The minimum absolute atomic E-state index is 0.119. The number of halogens is 1. The van der Waals surface area contributed by atoms with E-state index in [1.807, 2.05) is 53.2 Å². The normalized spacial score (nSPS) is 11.9. The zero-order valence-electron chi connectivity index (χ0n) is 12.2. The van der Waals surface area contributed by atoms with E-state index in [1.165, 1.54) is 0 Å². The van der Waals surface area contributed by atoms with Gasteiger partial charge < -0.3 is 10.6 Å². The highest BCUT2D eigenvalue weighted by atomic mass is 35.5. The molecular formula is C17H15ClN2OS2. The van der Waals surface area contributed by atoms with Crippen molar-refractivity contribution in [3.63, 3.8) is 0 Å². The fourth-order valence-electron chi connectivity index (χ4n) is 2.18. The van der Waals surface area contributed by atoms with Gasteiger partial charge in [0.05, 0.1) is 6.04 Å². The van der Waals surface area contributed by atoms with E-state index in [1.54, 1.807) is 22.7 Å². The smallest absolute Gasteiger partial charge is 0.315 e. The minimum atomic E-state index is -0.190. The third kappa shape index (κ3) is 4.34. The lowest BCUT2D eigenvalue weighted by Crippen LogP contribution is -2.37. The number of urea groups is 1. The van der Waals surface area contributed by atoms with Gasteiger partial charge in [0, 0.05) is 16.4 Å². The molecule has 0 fully saturated rings. The molecule has 0 saturated carbocycles. The Hall–Kier alpha value is -1.82. The van der Waals surface area contributed by atoms with Crippen LogP contribution in [0.2, 0.25) is 5.02 Å². The van der Waals surface area contributed by atoms with Crippen molar-refractivity contribution >= 4 is 40.3 Å². The summed E-state index contributed by atoms with van der Waals surface area (Å²) in [5.41, 5.74) is 2.10. The van der Waals surface area contributed by atoms with E-state index >= 15 is 0 Å². The summed E-state index contributed by atoms with van der Waals surface area (Å²) < 4.78 is 0. The fourth-order valence-corrected chi connectivity index (χ4v) is 3.79. The number of hydrogen-bond donors (Lipinski definition) is 2. The average Bonchev–Trinajstić information content (AvgIpc) is 3.25. The van der Waals surface area contributed by atoms with Gasteiger partial charge >= 0.3 is 6.03 Å². The third-order valence-corrected chi connectivity index (χ3v) is 5.24. The first-order chi connectivity index (χ1) is 11.2. The topological polar surface area (TPSA) is 41.1 Å². The lowest BCUT2D eigenvalue weighted by molar-refractivity contribution is 0.238. The largest absolute Gasteiger partial charge is 0.334 e. The zero-order valence-corrected chi connectivity index (χ0v) is 14.5. The summed E-state index contributed by atoms with van der Waals surface area (Å²) in [6.07, 6.45) is 0. The van der Waals surface area contributed by atoms with Gasteiger partial charge in [-0.2, -0.15) is 11.3 Å². The third-order valence-electron chi connectivity index (χ3n) is 3.35. The molecule has 0 saturated heterocycles. The summed E-state index contributed by atoms with van der Waals surface area (Å²) >= 11 is 9.12. The Bertz CT molecular complexity index is 705. The van der Waals surface area contributed by atoms with Gasteiger partial charge in [0.1, 0.15) is 0 Å². The summed E-state index contributed by atoms with van der Waals surface area (Å²) in [5.74, 6) is 0. The quantitative estimate of drug-likeness (QED) is 0.655. The van der Waals surface area contributed by atoms with Gasteiger partial charge in [-0.25, -0.2) is 4.79 Å². The first-order valence-electron chi connectivity index (χ1n) is 7.06. The number of carbonyl (C=O) groups is 1. The van der Waals surface area contributed by atoms with Gasteiger partial charge in [-0.15, -0.1) is 11.3 Å². The second-order valence-electron chi connectivity index (χ2n) is 4.96. The molecule has 0 unspecified atom stereocenters. The molecule has 2 heterocycles. The number of amides is 2. The lowest BCUT2D eigenvalue weighted by Gasteiger charge is -2.17. The van der Waals surface area contributed by atoms with Crippen LogP contribution in [0.1, 0.15) is 22.0 Å². The first-order valence-corrected chi connectivity index (χ1v) is 9.27. The van der Waals surface area contributed by atoms with E-state index in [0.29, 0.717) is 11.6 Å². The predicted octanol–water partition coefficient (Wildman–Crippen LogP) is 5.05. The fraction of sp³-hybridized carbons (Fsp3) is 0.118. The number of benzene rings is 1. The van der Waals surface area contributed by atoms with Crippen molar-refractivity contribution < 1.29 is 4.79 Å². The van der Waals surface area contributed by atoms with Crippen molar-refractivity contribution in [1.29, 1.82) is 0 Å². The molecule has 0 radical (unpaired) electrons. The maximum atomic E-state index is 12.2. The molecule has 3 aromatic rings. The van der Waals surface area contributed by atoms with Gasteiger partial charge in [-0.3, -0.25) is 0 Å². The number of hydrogen-bond acceptors (Lipinski definition) is 3. The molecule has 1 atom stereocenters. The van der Waals surface area contributed by atoms with E-state index in [-0.39, 0.29) is 12.1 Å². The molecular weight excluding hydrogens is 348 g/mol. The van der Waals surface area contributed by atoms with Crippen molar-refractivity contribution in [3.05, 3.63) is 79.6 Å². The van der Waals surface area contributed by atoms with Crippen LogP contribution in [-0.4, -0.2) is 6.03 Å². The monoisotopic (exact) mass is 362 g/mol. The Balaban J connectivity index is 1.63. The number of rotatable bonds is 5. The second-order valence-corrected chi connectivity index (χ2v) is 7.15. The van der Waals surface area contributed by atoms with E-state index in [0.717, 1.165) is 16.0 Å². The Morgan fingerprint density at radius 1 is 1.13 bits per heavy atom. The van der Waals surface area contributed by atoms with Gasteiger partial charge in [-0.1, -0.05) is 29.8 Å². The van der Waals surface area contributed by atoms with E-state index in [9.17, 15) is 4.79 Å². The molecule has 0 aliphatic rings. The van der Waals surface area contributed by atoms with E-state index in [2.05, 4.69) is 16.0 Å². The highest BCUT2D eigenvalue weighted by Gasteiger charge is 2.18. The Morgan fingerprint density at radius 3 is 2.61 bits per heavy atom. The van der Waals surface area contributed by atoms with Crippen molar-refractivity contribution in [3.8, 4) is 0 Å². The van der Waals surface area contributed by atoms with Crippen LogP contribution >= 0.6 is 34.3 Å². The van der Waals surface area contributed by atoms with Crippen molar-refractivity contribution in [1.82, 2.24) is 10.6 Å². The molecule has 1 aromatic carbocycles. The van der Waals surface area contributed by atoms with E-state index in [4.69, 9.17) is 11.6 Å². The van der Waals surface area contributed by atoms with Gasteiger partial charge in [0.2, 0.25) is 0 Å². The van der Waals surface area contributed by atoms with Crippen LogP contribution in [0.25, 0.3) is 0 Å². The maximum absolute atomic E-state index is 12.2. The Morgan fingerprint density at radius 2 is 1.96 bits per heavy atom. The molecule has 0 aliphatic carbocycles. The second kappa shape index (κ2) is 7.64. The SMILES string of the molecule is O=C(NCc1ccc(Cl)cc1)N[C@@H](c1ccsc1)c1cccs1. The first kappa shape index (κ1) is 16.1. The number of thiophene rings is 2. The molecule has 118 valence electrons. The minimum Gasteiger partial charge on any atom is -0.334 e. The molecule has 2 N–H and O–H groups in total. The Labute approximate surface area is 147 Å². The number of nitrogens with one attached hydrogen (secondary N) is 2. The summed E-state index contributed by atoms with van der Waals surface area (Å²) in [7, 11) is 0.